The summed E-state index contributed by atoms with van der Waals surface area (Å²) in [7, 11) is 0. The van der Waals surface area contributed by atoms with Crippen LogP contribution < -0.4 is 0 Å². The zero-order valence-corrected chi connectivity index (χ0v) is 17.6. The Kier molecular flexibility index (Phi) is 5.99. The van der Waals surface area contributed by atoms with Crippen molar-refractivity contribution in [1.29, 1.82) is 0 Å². The number of carboxylic acids is 1. The number of benzene rings is 1. The van der Waals surface area contributed by atoms with Crippen molar-refractivity contribution < 1.29 is 14.7 Å². The monoisotopic (exact) mass is 401 g/mol. The first-order valence-electron chi connectivity index (χ1n) is 9.95. The second-order valence-electron chi connectivity index (χ2n) is 8.30. The van der Waals surface area contributed by atoms with E-state index in [9.17, 15) is 9.59 Å². The summed E-state index contributed by atoms with van der Waals surface area (Å²) in [5.41, 5.74) is 4.11. The first-order valence-corrected chi connectivity index (χ1v) is 10.3. The predicted octanol–water partition coefficient (Wildman–Crippen LogP) is 5.41. The van der Waals surface area contributed by atoms with E-state index < -0.39 is 11.4 Å². The fraction of sp³-hybridized carbons (Fsp3) is 0.478. The predicted molar refractivity (Wildman–Crippen MR) is 112 cm³/mol. The van der Waals surface area contributed by atoms with Crippen LogP contribution in [0.15, 0.2) is 36.0 Å². The van der Waals surface area contributed by atoms with Crippen molar-refractivity contribution in [3.8, 4) is 0 Å². The second-order valence-corrected chi connectivity index (χ2v) is 8.70. The molecule has 0 unspecified atom stereocenters. The fourth-order valence-electron chi connectivity index (χ4n) is 4.38. The molecule has 1 aliphatic carbocycles. The minimum Gasteiger partial charge on any atom is -0.481 e. The topological polar surface area (TPSA) is 57.6 Å². The van der Waals surface area contributed by atoms with Crippen molar-refractivity contribution in [2.24, 2.45) is 5.92 Å². The normalized spacial score (nSPS) is 22.5. The molecule has 1 aromatic carbocycles. The maximum absolute atomic E-state index is 12.8. The molecule has 1 aliphatic heterocycles. The highest BCUT2D eigenvalue weighted by Crippen LogP contribution is 2.44. The molecular formula is C23H28ClNO3. The van der Waals surface area contributed by atoms with Crippen LogP contribution in [0, 0.1) is 5.92 Å². The van der Waals surface area contributed by atoms with Gasteiger partial charge < -0.3 is 10.0 Å². The van der Waals surface area contributed by atoms with E-state index in [4.69, 9.17) is 16.7 Å². The summed E-state index contributed by atoms with van der Waals surface area (Å²) >= 11 is 6.65. The molecular weight excluding hydrogens is 374 g/mol. The van der Waals surface area contributed by atoms with Crippen LogP contribution in [0.5, 0.6) is 0 Å². The van der Waals surface area contributed by atoms with Crippen LogP contribution in [-0.2, 0) is 15.0 Å². The Balaban J connectivity index is 1.97. The molecule has 0 saturated heterocycles. The molecule has 2 aliphatic rings. The standard InChI is InChI=1S/C23H28ClNO3/c1-15(2)19-14-25(11-10-22(27)28)21(26)13-23(19,3)17-8-9-18(20(24)12-17)16-6-4-5-7-16/h6,8-9,12,14-15H,4-5,7,10-11,13H2,1-3H3,(H,27,28)/t23-/m1/s1. The van der Waals surface area contributed by atoms with E-state index in [-0.39, 0.29) is 24.8 Å². The summed E-state index contributed by atoms with van der Waals surface area (Å²) in [6, 6.07) is 6.18. The molecule has 1 amide bonds. The lowest BCUT2D eigenvalue weighted by atomic mass is 9.68. The highest BCUT2D eigenvalue weighted by atomic mass is 35.5. The van der Waals surface area contributed by atoms with E-state index in [0.29, 0.717) is 6.42 Å². The average Bonchev–Trinajstić information content (AvgIpc) is 3.14. The molecule has 0 aromatic heterocycles. The molecule has 150 valence electrons. The van der Waals surface area contributed by atoms with Gasteiger partial charge in [-0.05, 0) is 53.5 Å². The number of carbonyl (C=O) groups excluding carboxylic acids is 1. The van der Waals surface area contributed by atoms with Crippen LogP contribution in [-0.4, -0.2) is 28.4 Å². The number of hydrogen-bond donors (Lipinski definition) is 1. The van der Waals surface area contributed by atoms with Gasteiger partial charge in [0.2, 0.25) is 5.91 Å². The van der Waals surface area contributed by atoms with Gasteiger partial charge in [0, 0.05) is 29.6 Å². The van der Waals surface area contributed by atoms with Crippen LogP contribution >= 0.6 is 11.6 Å². The highest BCUT2D eigenvalue weighted by Gasteiger charge is 2.40. The van der Waals surface area contributed by atoms with Crippen molar-refractivity contribution in [2.45, 2.75) is 58.3 Å². The van der Waals surface area contributed by atoms with Gasteiger partial charge in [0.15, 0.2) is 0 Å². The summed E-state index contributed by atoms with van der Waals surface area (Å²) in [6.45, 7) is 6.50. The summed E-state index contributed by atoms with van der Waals surface area (Å²) in [4.78, 5) is 25.2. The molecule has 0 saturated carbocycles. The molecule has 0 spiro atoms. The van der Waals surface area contributed by atoms with Gasteiger partial charge >= 0.3 is 5.97 Å². The minimum atomic E-state index is -0.899. The molecule has 1 heterocycles. The molecule has 3 rings (SSSR count). The third-order valence-corrected chi connectivity index (χ3v) is 6.25. The van der Waals surface area contributed by atoms with Crippen molar-refractivity contribution in [1.82, 2.24) is 4.90 Å². The first kappa shape index (κ1) is 20.7. The number of carboxylic acid groups (broad SMARTS) is 1. The van der Waals surface area contributed by atoms with Crippen LogP contribution in [0.2, 0.25) is 5.02 Å². The molecule has 1 atom stereocenters. The fourth-order valence-corrected chi connectivity index (χ4v) is 4.68. The first-order chi connectivity index (χ1) is 13.2. The van der Waals surface area contributed by atoms with Gasteiger partial charge in [-0.15, -0.1) is 0 Å². The molecule has 0 bridgehead atoms. The zero-order valence-electron chi connectivity index (χ0n) is 16.8. The Morgan fingerprint density at radius 3 is 2.68 bits per heavy atom. The van der Waals surface area contributed by atoms with Crippen molar-refractivity contribution in [3.63, 3.8) is 0 Å². The van der Waals surface area contributed by atoms with E-state index in [2.05, 4.69) is 39.0 Å². The Hall–Kier alpha value is -2.07. The third kappa shape index (κ3) is 4.02. The van der Waals surface area contributed by atoms with Crippen LogP contribution in [0.4, 0.5) is 0 Å². The van der Waals surface area contributed by atoms with Gasteiger partial charge in [0.25, 0.3) is 0 Å². The van der Waals surface area contributed by atoms with Gasteiger partial charge in [-0.1, -0.05) is 50.6 Å². The van der Waals surface area contributed by atoms with Crippen molar-refractivity contribution in [3.05, 3.63) is 52.2 Å². The van der Waals surface area contributed by atoms with Crippen molar-refractivity contribution in [2.75, 3.05) is 6.54 Å². The van der Waals surface area contributed by atoms with E-state index in [1.54, 1.807) is 4.90 Å². The van der Waals surface area contributed by atoms with E-state index >= 15 is 0 Å². The Morgan fingerprint density at radius 2 is 2.11 bits per heavy atom. The maximum atomic E-state index is 12.8. The summed E-state index contributed by atoms with van der Waals surface area (Å²) in [5, 5.41) is 9.69. The number of halogens is 1. The minimum absolute atomic E-state index is 0.0492. The summed E-state index contributed by atoms with van der Waals surface area (Å²) < 4.78 is 0. The van der Waals surface area contributed by atoms with Crippen LogP contribution in [0.25, 0.3) is 5.57 Å². The lowest BCUT2D eigenvalue weighted by Crippen LogP contribution is -2.42. The molecule has 5 heteroatoms. The molecule has 28 heavy (non-hydrogen) atoms. The number of allylic oxidation sites excluding steroid dienone is 3. The highest BCUT2D eigenvalue weighted by molar-refractivity contribution is 6.32. The second kappa shape index (κ2) is 8.12. The molecule has 1 N–H and O–H groups in total. The summed E-state index contributed by atoms with van der Waals surface area (Å²) in [5.74, 6) is -0.725. The van der Waals surface area contributed by atoms with Crippen molar-refractivity contribution >= 4 is 29.1 Å². The summed E-state index contributed by atoms with van der Waals surface area (Å²) in [6.07, 6.45) is 7.71. The van der Waals surface area contributed by atoms with E-state index in [0.717, 1.165) is 34.6 Å². The van der Waals surface area contributed by atoms with Gasteiger partial charge in [-0.2, -0.15) is 0 Å². The van der Waals surface area contributed by atoms with Crippen LogP contribution in [0.1, 0.15) is 64.0 Å². The Bertz CT molecular complexity index is 855. The molecule has 0 fully saturated rings. The van der Waals surface area contributed by atoms with Gasteiger partial charge in [-0.3, -0.25) is 9.59 Å². The quantitative estimate of drug-likeness (QED) is 0.693. The van der Waals surface area contributed by atoms with E-state index in [1.807, 2.05) is 12.3 Å². The smallest absolute Gasteiger partial charge is 0.305 e. The average molecular weight is 402 g/mol. The number of amides is 1. The Morgan fingerprint density at radius 1 is 1.36 bits per heavy atom. The number of rotatable bonds is 6. The van der Waals surface area contributed by atoms with Gasteiger partial charge in [0.05, 0.1) is 6.42 Å². The van der Waals surface area contributed by atoms with Gasteiger partial charge in [-0.25, -0.2) is 0 Å². The molecule has 0 radical (unpaired) electrons. The number of nitrogens with zero attached hydrogens (tertiary/aromatic N) is 1. The van der Waals surface area contributed by atoms with Crippen LogP contribution in [0.3, 0.4) is 0 Å². The lowest BCUT2D eigenvalue weighted by Gasteiger charge is -2.41. The molecule has 1 aromatic rings. The third-order valence-electron chi connectivity index (χ3n) is 5.94. The maximum Gasteiger partial charge on any atom is 0.305 e. The van der Waals surface area contributed by atoms with Gasteiger partial charge in [0.1, 0.15) is 0 Å². The number of aliphatic carboxylic acids is 1. The lowest BCUT2D eigenvalue weighted by molar-refractivity contribution is -0.138. The number of hydrogen-bond acceptors (Lipinski definition) is 2. The zero-order chi connectivity index (χ0) is 20.5. The van der Waals surface area contributed by atoms with E-state index in [1.165, 1.54) is 12.0 Å². The largest absolute Gasteiger partial charge is 0.481 e. The SMILES string of the molecule is CC(C)C1=CN(CCC(=O)O)C(=O)C[C@]1(C)c1ccc(C2=CCCC2)c(Cl)c1. The Labute approximate surface area is 171 Å². The number of carbonyl (C=O) groups is 2. The molecule has 4 nitrogen and oxygen atoms in total.